The molecule has 1 aliphatic heterocycles. The smallest absolute Gasteiger partial charge is 0.211 e. The van der Waals surface area contributed by atoms with E-state index in [4.69, 9.17) is 21.1 Å². The molecule has 1 aliphatic rings. The van der Waals surface area contributed by atoms with Crippen LogP contribution in [0.15, 0.2) is 36.5 Å². The van der Waals surface area contributed by atoms with Gasteiger partial charge >= 0.3 is 0 Å². The molecule has 2 atom stereocenters. The van der Waals surface area contributed by atoms with Crippen molar-refractivity contribution in [2.24, 2.45) is 5.92 Å². The SMILES string of the molecule is CCS(=O)(=O)NC1CCOCC1COc1ccc(-c2ncc(Cl)cc2F)cc1. The van der Waals surface area contributed by atoms with Gasteiger partial charge in [-0.15, -0.1) is 0 Å². The van der Waals surface area contributed by atoms with Crippen LogP contribution in [0.5, 0.6) is 5.75 Å². The van der Waals surface area contributed by atoms with Crippen molar-refractivity contribution >= 4 is 21.6 Å². The van der Waals surface area contributed by atoms with E-state index >= 15 is 0 Å². The molecule has 28 heavy (non-hydrogen) atoms. The first-order chi connectivity index (χ1) is 13.4. The fourth-order valence-corrected chi connectivity index (χ4v) is 4.05. The minimum absolute atomic E-state index is 0.0364. The van der Waals surface area contributed by atoms with Crippen molar-refractivity contribution in [2.75, 3.05) is 25.6 Å². The summed E-state index contributed by atoms with van der Waals surface area (Å²) in [5.41, 5.74) is 0.821. The lowest BCUT2D eigenvalue weighted by atomic mass is 9.98. The van der Waals surface area contributed by atoms with Crippen molar-refractivity contribution in [3.05, 3.63) is 47.4 Å². The summed E-state index contributed by atoms with van der Waals surface area (Å²) in [6.07, 6.45) is 2.00. The van der Waals surface area contributed by atoms with Gasteiger partial charge in [-0.3, -0.25) is 4.98 Å². The van der Waals surface area contributed by atoms with Crippen LogP contribution >= 0.6 is 11.6 Å². The van der Waals surface area contributed by atoms with Crippen LogP contribution in [0.2, 0.25) is 5.02 Å². The lowest BCUT2D eigenvalue weighted by Gasteiger charge is -2.31. The molecular weight excluding hydrogens is 407 g/mol. The van der Waals surface area contributed by atoms with Crippen LogP contribution in [0.3, 0.4) is 0 Å². The molecule has 9 heteroatoms. The molecule has 3 rings (SSSR count). The second kappa shape index (κ2) is 9.17. The van der Waals surface area contributed by atoms with Crippen LogP contribution in [0.4, 0.5) is 4.39 Å². The van der Waals surface area contributed by atoms with Crippen molar-refractivity contribution in [1.29, 1.82) is 0 Å². The van der Waals surface area contributed by atoms with E-state index in [0.29, 0.717) is 37.6 Å². The quantitative estimate of drug-likeness (QED) is 0.732. The summed E-state index contributed by atoms with van der Waals surface area (Å²) < 4.78 is 51.7. The van der Waals surface area contributed by atoms with Gasteiger partial charge in [0.25, 0.3) is 0 Å². The lowest BCUT2D eigenvalue weighted by Crippen LogP contribution is -2.47. The molecule has 1 N–H and O–H groups in total. The van der Waals surface area contributed by atoms with Crippen molar-refractivity contribution < 1.29 is 22.3 Å². The topological polar surface area (TPSA) is 77.5 Å². The molecule has 2 heterocycles. The van der Waals surface area contributed by atoms with Crippen LogP contribution in [-0.2, 0) is 14.8 Å². The van der Waals surface area contributed by atoms with E-state index in [1.54, 1.807) is 31.2 Å². The minimum atomic E-state index is -3.29. The van der Waals surface area contributed by atoms with Gasteiger partial charge in [0.15, 0.2) is 5.82 Å². The number of nitrogens with zero attached hydrogens (tertiary/aromatic N) is 1. The normalized spacial score (nSPS) is 20.1. The molecule has 1 saturated heterocycles. The summed E-state index contributed by atoms with van der Waals surface area (Å²) in [6.45, 7) is 2.85. The summed E-state index contributed by atoms with van der Waals surface area (Å²) in [4.78, 5) is 4.02. The third-order valence-electron chi connectivity index (χ3n) is 4.58. The van der Waals surface area contributed by atoms with Gasteiger partial charge in [0, 0.05) is 30.3 Å². The highest BCUT2D eigenvalue weighted by Gasteiger charge is 2.29. The molecule has 1 aromatic heterocycles. The molecule has 0 amide bonds. The van der Waals surface area contributed by atoms with Crippen molar-refractivity contribution in [1.82, 2.24) is 9.71 Å². The fraction of sp³-hybridized carbons (Fsp3) is 0.421. The Bertz CT molecular complexity index is 909. The monoisotopic (exact) mass is 428 g/mol. The average molecular weight is 429 g/mol. The van der Waals surface area contributed by atoms with Crippen LogP contribution in [0.1, 0.15) is 13.3 Å². The number of aromatic nitrogens is 1. The fourth-order valence-electron chi connectivity index (χ4n) is 2.97. The number of halogens is 2. The molecule has 0 spiro atoms. The first kappa shape index (κ1) is 21.0. The minimum Gasteiger partial charge on any atom is -0.493 e. The molecule has 152 valence electrons. The highest BCUT2D eigenvalue weighted by Crippen LogP contribution is 2.25. The Morgan fingerprint density at radius 1 is 1.36 bits per heavy atom. The summed E-state index contributed by atoms with van der Waals surface area (Å²) >= 11 is 5.73. The van der Waals surface area contributed by atoms with E-state index in [2.05, 4.69) is 9.71 Å². The first-order valence-corrected chi connectivity index (χ1v) is 11.0. The van der Waals surface area contributed by atoms with Gasteiger partial charge in [0.2, 0.25) is 10.0 Å². The van der Waals surface area contributed by atoms with Crippen molar-refractivity contribution in [3.63, 3.8) is 0 Å². The highest BCUT2D eigenvalue weighted by atomic mass is 35.5. The highest BCUT2D eigenvalue weighted by molar-refractivity contribution is 7.89. The van der Waals surface area contributed by atoms with Gasteiger partial charge in [-0.05, 0) is 43.7 Å². The van der Waals surface area contributed by atoms with Crippen LogP contribution in [-0.4, -0.2) is 45.0 Å². The van der Waals surface area contributed by atoms with Gasteiger partial charge in [0.05, 0.1) is 24.0 Å². The van der Waals surface area contributed by atoms with E-state index in [0.717, 1.165) is 0 Å². The number of hydrogen-bond donors (Lipinski definition) is 1. The number of ether oxygens (including phenoxy) is 2. The maximum atomic E-state index is 14.0. The van der Waals surface area contributed by atoms with E-state index in [1.165, 1.54) is 12.3 Å². The molecule has 1 aromatic carbocycles. The number of rotatable bonds is 7. The maximum absolute atomic E-state index is 14.0. The standard InChI is InChI=1S/C19H22ClFN2O4S/c1-2-28(24,25)23-18-7-8-26-11-14(18)12-27-16-5-3-13(4-6-16)19-17(21)9-15(20)10-22-19/h3-6,9-10,14,18,23H,2,7-8,11-12H2,1H3. The lowest BCUT2D eigenvalue weighted by molar-refractivity contribution is 0.0186. The molecule has 0 bridgehead atoms. The van der Waals surface area contributed by atoms with Crippen LogP contribution in [0, 0.1) is 11.7 Å². The zero-order valence-electron chi connectivity index (χ0n) is 15.4. The zero-order valence-corrected chi connectivity index (χ0v) is 17.0. The second-order valence-electron chi connectivity index (χ2n) is 6.57. The van der Waals surface area contributed by atoms with Gasteiger partial charge in [0.1, 0.15) is 11.4 Å². The number of sulfonamides is 1. The summed E-state index contributed by atoms with van der Waals surface area (Å²) in [5.74, 6) is 0.0480. The number of benzene rings is 1. The third kappa shape index (κ3) is 5.41. The molecule has 6 nitrogen and oxygen atoms in total. The average Bonchev–Trinajstić information content (AvgIpc) is 2.68. The Morgan fingerprint density at radius 2 is 2.11 bits per heavy atom. The Labute approximate surface area is 169 Å². The van der Waals surface area contributed by atoms with Crippen molar-refractivity contribution in [3.8, 4) is 17.0 Å². The Morgan fingerprint density at radius 3 is 2.79 bits per heavy atom. The number of nitrogens with one attached hydrogen (secondary N) is 1. The molecule has 2 aromatic rings. The molecule has 1 fully saturated rings. The molecule has 2 unspecified atom stereocenters. The van der Waals surface area contributed by atoms with E-state index in [1.807, 2.05) is 0 Å². The maximum Gasteiger partial charge on any atom is 0.211 e. The van der Waals surface area contributed by atoms with Gasteiger partial charge in [-0.25, -0.2) is 17.5 Å². The van der Waals surface area contributed by atoms with E-state index in [9.17, 15) is 12.8 Å². The Hall–Kier alpha value is -1.74. The predicted octanol–water partition coefficient (Wildman–Crippen LogP) is 3.26. The molecule has 0 saturated carbocycles. The molecule has 0 radical (unpaired) electrons. The van der Waals surface area contributed by atoms with Gasteiger partial charge in [-0.2, -0.15) is 0 Å². The van der Waals surface area contributed by atoms with Gasteiger partial charge < -0.3 is 9.47 Å². The Balaban J connectivity index is 1.63. The predicted molar refractivity (Wildman–Crippen MR) is 105 cm³/mol. The number of hydrogen-bond acceptors (Lipinski definition) is 5. The molecular formula is C19H22ClFN2O4S. The first-order valence-electron chi connectivity index (χ1n) is 9.00. The number of pyridine rings is 1. The van der Waals surface area contributed by atoms with Crippen LogP contribution < -0.4 is 9.46 Å². The van der Waals surface area contributed by atoms with E-state index in [-0.39, 0.29) is 28.4 Å². The van der Waals surface area contributed by atoms with Gasteiger partial charge in [-0.1, -0.05) is 11.6 Å². The largest absolute Gasteiger partial charge is 0.493 e. The van der Waals surface area contributed by atoms with Crippen molar-refractivity contribution in [2.45, 2.75) is 19.4 Å². The summed E-state index contributed by atoms with van der Waals surface area (Å²) in [6, 6.07) is 7.87. The van der Waals surface area contributed by atoms with E-state index < -0.39 is 15.8 Å². The second-order valence-corrected chi connectivity index (χ2v) is 9.05. The third-order valence-corrected chi connectivity index (χ3v) is 6.21. The molecule has 0 aliphatic carbocycles. The Kier molecular flexibility index (Phi) is 6.87. The zero-order chi connectivity index (χ0) is 20.1. The summed E-state index contributed by atoms with van der Waals surface area (Å²) in [7, 11) is -3.29. The summed E-state index contributed by atoms with van der Waals surface area (Å²) in [5, 5.41) is 0.240. The van der Waals surface area contributed by atoms with Crippen LogP contribution in [0.25, 0.3) is 11.3 Å².